The summed E-state index contributed by atoms with van der Waals surface area (Å²) in [5, 5.41) is 2.46. The summed E-state index contributed by atoms with van der Waals surface area (Å²) in [6.45, 7) is 2.10. The van der Waals surface area contributed by atoms with Gasteiger partial charge in [-0.2, -0.15) is 0 Å². The van der Waals surface area contributed by atoms with Crippen molar-refractivity contribution in [2.24, 2.45) is 0 Å². The van der Waals surface area contributed by atoms with E-state index in [1.807, 2.05) is 0 Å². The number of halogens is 4. The second kappa shape index (κ2) is 11.4. The molecule has 0 aliphatic rings. The summed E-state index contributed by atoms with van der Waals surface area (Å²) in [6.07, 6.45) is 5.49. The molecule has 160 valence electrons. The normalized spacial score (nSPS) is 13.3. The molecular weight excluding hydrogens is 858 g/mol. The second-order valence-corrected chi connectivity index (χ2v) is 25.8. The van der Waals surface area contributed by atoms with E-state index >= 15 is 0 Å². The first-order valence-electron chi connectivity index (χ1n) is 8.40. The molecule has 0 bridgehead atoms. The molecular formula is C16H21I4NO5S2. The van der Waals surface area contributed by atoms with Gasteiger partial charge in [0.25, 0.3) is 17.7 Å². The number of nitrogens with one attached hydrogen (secondary N) is 1. The van der Waals surface area contributed by atoms with Crippen molar-refractivity contribution in [2.75, 3.05) is 5.32 Å². The average Bonchev–Trinajstić information content (AvgIpc) is 2.61. The Balaban J connectivity index is 3.13. The quantitative estimate of drug-likeness (QED) is 0.0934. The van der Waals surface area contributed by atoms with Crippen LogP contribution in [0.5, 0.6) is 0 Å². The molecule has 1 aromatic rings. The maximum Gasteiger partial charge on any atom is 0.284 e. The number of alkyl halides is 4. The molecule has 1 amide bonds. The monoisotopic (exact) mass is 879 g/mol. The van der Waals surface area contributed by atoms with Crippen LogP contribution in [-0.4, -0.2) is 24.0 Å². The van der Waals surface area contributed by atoms with Gasteiger partial charge in [-0.1, -0.05) is 51.2 Å². The zero-order valence-corrected chi connectivity index (χ0v) is 25.3. The summed E-state index contributed by atoms with van der Waals surface area (Å²) < 4.78 is 49.5. The largest absolute Gasteiger partial charge is 0.329 e. The van der Waals surface area contributed by atoms with Crippen molar-refractivity contribution in [1.29, 1.82) is 0 Å². The van der Waals surface area contributed by atoms with E-state index in [2.05, 4.69) is 12.2 Å². The van der Waals surface area contributed by atoms with Gasteiger partial charge in [-0.25, -0.2) is 16.8 Å². The number of hydrogen-bond donors (Lipinski definition) is 1. The van der Waals surface area contributed by atoms with Crippen molar-refractivity contribution in [1.82, 2.24) is 0 Å². The molecule has 28 heavy (non-hydrogen) atoms. The van der Waals surface area contributed by atoms with E-state index in [4.69, 9.17) is 0 Å². The van der Waals surface area contributed by atoms with Crippen molar-refractivity contribution in [2.45, 2.75) is 47.0 Å². The van der Waals surface area contributed by atoms with Gasteiger partial charge in [0, 0.05) is 5.69 Å². The number of carbonyl (C=O) groups is 1. The molecule has 0 aromatic heterocycles. The van der Waals surface area contributed by atoms with Gasteiger partial charge in [-0.05, 0) is 114 Å². The Morgan fingerprint density at radius 2 is 1.43 bits per heavy atom. The van der Waals surface area contributed by atoms with Crippen LogP contribution in [0, 0.1) is 0 Å². The molecule has 0 saturated heterocycles. The van der Waals surface area contributed by atoms with Crippen molar-refractivity contribution >= 4 is 120 Å². The maximum absolute atomic E-state index is 13.2. The van der Waals surface area contributed by atoms with Gasteiger partial charge in [0.1, 0.15) is 0 Å². The van der Waals surface area contributed by atoms with Gasteiger partial charge >= 0.3 is 0 Å². The topological polar surface area (TPSA) is 97.4 Å². The summed E-state index contributed by atoms with van der Waals surface area (Å²) in [7, 11) is -9.08. The summed E-state index contributed by atoms with van der Waals surface area (Å²) >= 11 is 6.81. The predicted octanol–water partition coefficient (Wildman–Crippen LogP) is 5.86. The van der Waals surface area contributed by atoms with Crippen molar-refractivity contribution < 1.29 is 21.6 Å². The Labute approximate surface area is 220 Å². The average molecular weight is 879 g/mol. The van der Waals surface area contributed by atoms with Gasteiger partial charge in [-0.15, -0.1) is 0 Å². The molecule has 0 spiro atoms. The van der Waals surface area contributed by atoms with Crippen LogP contribution in [0.15, 0.2) is 24.3 Å². The molecule has 0 atom stereocenters. The van der Waals surface area contributed by atoms with Crippen molar-refractivity contribution in [3.05, 3.63) is 29.8 Å². The Morgan fingerprint density at radius 3 is 1.93 bits per heavy atom. The highest BCUT2D eigenvalue weighted by Gasteiger charge is 2.57. The number of benzene rings is 1. The summed E-state index contributed by atoms with van der Waals surface area (Å²) in [4.78, 5) is 10.5. The molecule has 0 aliphatic carbocycles. The van der Waals surface area contributed by atoms with Crippen LogP contribution in [0.2, 0.25) is 0 Å². The minimum absolute atomic E-state index is 0.269. The highest BCUT2D eigenvalue weighted by Crippen LogP contribution is 2.53. The highest BCUT2D eigenvalue weighted by atomic mass is 127. The molecule has 1 rings (SSSR count). The maximum atomic E-state index is 13.2. The number of unbranched alkanes of at least 4 members (excludes halogenated alkanes) is 4. The van der Waals surface area contributed by atoms with Crippen LogP contribution < -0.4 is 5.32 Å². The zero-order valence-electron chi connectivity index (χ0n) is 15.0. The molecule has 12 heteroatoms. The van der Waals surface area contributed by atoms with Gasteiger partial charge in [0.05, 0.1) is 0 Å². The predicted molar refractivity (Wildman–Crippen MR) is 148 cm³/mol. The van der Waals surface area contributed by atoms with E-state index in [1.54, 1.807) is 90.4 Å². The minimum atomic E-state index is -4.58. The Kier molecular flexibility index (Phi) is 11.2. The van der Waals surface area contributed by atoms with Crippen molar-refractivity contribution in [3.8, 4) is 0 Å². The van der Waals surface area contributed by atoms with Crippen LogP contribution >= 0.6 is 90.4 Å². The molecule has 1 N–H and O–H groups in total. The summed E-state index contributed by atoms with van der Waals surface area (Å²) in [6, 6.07) is 6.08. The Morgan fingerprint density at radius 1 is 0.893 bits per heavy atom. The van der Waals surface area contributed by atoms with Crippen LogP contribution in [0.1, 0.15) is 51.0 Å². The molecule has 0 aliphatic heterocycles. The summed E-state index contributed by atoms with van der Waals surface area (Å²) in [5.41, 5.74) is 0.812. The second-order valence-electron chi connectivity index (χ2n) is 6.07. The smallest absolute Gasteiger partial charge is 0.284 e. The highest BCUT2D eigenvalue weighted by molar-refractivity contribution is 14.2. The number of hydrogen-bond acceptors (Lipinski definition) is 5. The Bertz CT molecular complexity index is 869. The van der Waals surface area contributed by atoms with E-state index in [-0.39, 0.29) is 6.42 Å². The number of anilines is 1. The molecule has 0 unspecified atom stereocenters. The van der Waals surface area contributed by atoms with Crippen LogP contribution in [0.4, 0.5) is 5.69 Å². The third kappa shape index (κ3) is 6.27. The minimum Gasteiger partial charge on any atom is -0.329 e. The lowest BCUT2D eigenvalue weighted by Gasteiger charge is -2.27. The van der Waals surface area contributed by atoms with E-state index in [0.29, 0.717) is 24.1 Å². The van der Waals surface area contributed by atoms with Gasteiger partial charge in [0.15, 0.2) is 0.760 Å². The number of rotatable bonds is 12. The third-order valence-electron chi connectivity index (χ3n) is 3.99. The fraction of sp³-hybridized carbons (Fsp3) is 0.562. The number of amides is 1. The van der Waals surface area contributed by atoms with Gasteiger partial charge in [0.2, 0.25) is 7.17 Å². The first kappa shape index (κ1) is 27.5. The molecule has 0 saturated carbocycles. The van der Waals surface area contributed by atoms with Crippen LogP contribution in [0.25, 0.3) is 0 Å². The molecule has 0 radical (unpaired) electrons. The fourth-order valence-electron chi connectivity index (χ4n) is 2.33. The van der Waals surface area contributed by atoms with E-state index < -0.39 is 19.3 Å². The lowest BCUT2D eigenvalue weighted by Crippen LogP contribution is -2.38. The van der Waals surface area contributed by atoms with E-state index in [0.717, 1.165) is 25.7 Å². The molecule has 0 heterocycles. The standard InChI is InChI=1S/C16H21I4NO5S2/c1-2-3-4-5-6-11-15(17,18)27(23,24)28(25,26)16(19,20)13-7-9-14(10-8-13)21-12-22/h7-10,12H,2-6,11H2,1H3,(H,21,22). The molecule has 1 aromatic carbocycles. The third-order valence-corrected chi connectivity index (χ3v) is 22.6. The number of carbonyl (C=O) groups excluding carboxylic acids is 1. The summed E-state index contributed by atoms with van der Waals surface area (Å²) in [5.74, 6) is 0. The molecule has 0 fully saturated rings. The lowest BCUT2D eigenvalue weighted by molar-refractivity contribution is -0.105. The van der Waals surface area contributed by atoms with E-state index in [9.17, 15) is 21.6 Å². The lowest BCUT2D eigenvalue weighted by atomic mass is 10.1. The van der Waals surface area contributed by atoms with Crippen LogP contribution in [0.3, 0.4) is 0 Å². The first-order chi connectivity index (χ1) is 12.8. The van der Waals surface area contributed by atoms with E-state index in [1.165, 1.54) is 24.3 Å². The fourth-order valence-corrected chi connectivity index (χ4v) is 16.1. The Hall–Kier alpha value is 1.51. The van der Waals surface area contributed by atoms with Crippen molar-refractivity contribution in [3.63, 3.8) is 0 Å². The molecule has 6 nitrogen and oxygen atoms in total. The first-order valence-corrected chi connectivity index (χ1v) is 16.2. The van der Waals surface area contributed by atoms with Crippen LogP contribution in [-0.2, 0) is 23.3 Å². The van der Waals surface area contributed by atoms with Gasteiger partial charge in [-0.3, -0.25) is 4.79 Å². The SMILES string of the molecule is CCCCCCCC(I)(I)S(=O)(=O)S(=O)(=O)C(I)(I)c1ccc(NC=O)cc1. The van der Waals surface area contributed by atoms with Gasteiger partial charge < -0.3 is 5.32 Å². The zero-order chi connectivity index (χ0) is 21.6.